The normalized spacial score (nSPS) is 5.20. The largest absolute Gasteiger partial charge is 0.288 e. The first-order valence-electron chi connectivity index (χ1n) is 0.928. The van der Waals surface area contributed by atoms with Gasteiger partial charge in [-0.25, -0.2) is 0 Å². The zero-order chi connectivity index (χ0) is 3.58. The molecule has 0 aliphatic heterocycles. The van der Waals surface area contributed by atoms with Crippen molar-refractivity contribution in [2.24, 2.45) is 0 Å². The second kappa shape index (κ2) is 5.25. The van der Waals surface area contributed by atoms with E-state index >= 15 is 0 Å². The Labute approximate surface area is 65.7 Å². The number of hydrogen-bond acceptors (Lipinski definition) is 1. The van der Waals surface area contributed by atoms with Gasteiger partial charge in [-0.05, 0) is 0 Å². The summed E-state index contributed by atoms with van der Waals surface area (Å²) in [5.41, 5.74) is 0. The van der Waals surface area contributed by atoms with E-state index in [1.54, 1.807) is 0 Å². The van der Waals surface area contributed by atoms with E-state index < -0.39 is 0 Å². The maximum absolute atomic E-state index is 9.31. The maximum atomic E-state index is 9.31. The minimum atomic E-state index is -0.139. The SMILES string of the molecule is CC(=O)S.[Tm]. The molecule has 0 heterocycles. The van der Waals surface area contributed by atoms with Gasteiger partial charge in [-0.15, -0.1) is 12.6 Å². The topological polar surface area (TPSA) is 17.1 Å². The van der Waals surface area contributed by atoms with Crippen molar-refractivity contribution < 1.29 is 41.7 Å². The predicted octanol–water partition coefficient (Wildman–Crippen LogP) is 0.463. The van der Waals surface area contributed by atoms with E-state index in [1.807, 2.05) is 0 Å². The quantitative estimate of drug-likeness (QED) is 0.613. The van der Waals surface area contributed by atoms with Gasteiger partial charge in [0, 0.05) is 43.8 Å². The molecule has 0 aromatic rings. The molecule has 3 heteroatoms. The molecule has 5 heavy (non-hydrogen) atoms. The third-order valence-electron chi connectivity index (χ3n) is 0. The Bertz CT molecular complexity index is 32.6. The van der Waals surface area contributed by atoms with Crippen molar-refractivity contribution in [1.29, 1.82) is 0 Å². The molecule has 0 aromatic carbocycles. The molecule has 0 aromatic heterocycles. The van der Waals surface area contributed by atoms with Crippen molar-refractivity contribution >= 4 is 17.7 Å². The first-order valence-corrected chi connectivity index (χ1v) is 1.37. The molecule has 0 rings (SSSR count). The van der Waals surface area contributed by atoms with Crippen molar-refractivity contribution in [3.63, 3.8) is 0 Å². The Morgan fingerprint density at radius 2 is 1.80 bits per heavy atom. The summed E-state index contributed by atoms with van der Waals surface area (Å²) in [6.07, 6.45) is 0. The van der Waals surface area contributed by atoms with Crippen LogP contribution in [0.5, 0.6) is 0 Å². The van der Waals surface area contributed by atoms with Crippen molar-refractivity contribution in [2.75, 3.05) is 0 Å². The fraction of sp³-hybridized carbons (Fsp3) is 0.500. The van der Waals surface area contributed by atoms with Gasteiger partial charge in [-0.3, -0.25) is 4.79 Å². The summed E-state index contributed by atoms with van der Waals surface area (Å²) in [6, 6.07) is 0. The average Bonchev–Trinajstić information content (AvgIpc) is 0.811. The zero-order valence-electron chi connectivity index (χ0n) is 2.63. The van der Waals surface area contributed by atoms with Crippen molar-refractivity contribution in [3.8, 4) is 0 Å². The predicted molar refractivity (Wildman–Crippen MR) is 19.7 cm³/mol. The standard InChI is InChI=1S/C2H4OS.Tm/c1-2(3)4;/h1H3,(H,3,4);. The van der Waals surface area contributed by atoms with Crippen molar-refractivity contribution in [2.45, 2.75) is 6.92 Å². The van der Waals surface area contributed by atoms with Crippen LogP contribution in [-0.2, 0) is 4.79 Å². The summed E-state index contributed by atoms with van der Waals surface area (Å²) in [6.45, 7) is 1.39. The number of carbonyl (C=O) groups is 1. The summed E-state index contributed by atoms with van der Waals surface area (Å²) >= 11 is 3.33. The Hall–Kier alpha value is 1.25. The maximum Gasteiger partial charge on any atom is 0.182 e. The van der Waals surface area contributed by atoms with E-state index in [2.05, 4.69) is 12.6 Å². The monoisotopic (exact) mass is 245 g/mol. The van der Waals surface area contributed by atoms with Crippen LogP contribution in [0.25, 0.3) is 0 Å². The van der Waals surface area contributed by atoms with Crippen LogP contribution in [0.15, 0.2) is 0 Å². The molecule has 1 nitrogen and oxygen atoms in total. The summed E-state index contributed by atoms with van der Waals surface area (Å²) in [4.78, 5) is 9.31. The number of hydrogen-bond donors (Lipinski definition) is 1. The van der Waals surface area contributed by atoms with Gasteiger partial charge in [-0.1, -0.05) is 0 Å². The molecule has 0 aliphatic rings. The Morgan fingerprint density at radius 3 is 1.80 bits per heavy atom. The van der Waals surface area contributed by atoms with E-state index in [9.17, 15) is 4.79 Å². The molecule has 0 saturated carbocycles. The number of rotatable bonds is 0. The van der Waals surface area contributed by atoms with Gasteiger partial charge in [0.15, 0.2) is 5.12 Å². The van der Waals surface area contributed by atoms with E-state index in [-0.39, 0.29) is 42.0 Å². The van der Waals surface area contributed by atoms with Crippen LogP contribution in [0.1, 0.15) is 6.92 Å². The van der Waals surface area contributed by atoms with E-state index in [0.717, 1.165) is 0 Å². The summed E-state index contributed by atoms with van der Waals surface area (Å²) in [5, 5.41) is -0.139. The molecule has 0 atom stereocenters. The van der Waals surface area contributed by atoms with Crippen LogP contribution in [-0.4, -0.2) is 5.12 Å². The van der Waals surface area contributed by atoms with Gasteiger partial charge in [0.25, 0.3) is 0 Å². The average molecular weight is 245 g/mol. The van der Waals surface area contributed by atoms with E-state index in [1.165, 1.54) is 6.92 Å². The Morgan fingerprint density at radius 1 is 1.80 bits per heavy atom. The third-order valence-corrected chi connectivity index (χ3v) is 0. The molecular weight excluding hydrogens is 241 g/mol. The number of carbonyl (C=O) groups excluding carboxylic acids is 1. The smallest absolute Gasteiger partial charge is 0.182 e. The molecule has 0 unspecified atom stereocenters. The minimum absolute atomic E-state index is 0. The van der Waals surface area contributed by atoms with Crippen LogP contribution < -0.4 is 0 Å². The molecule has 37 valence electrons. The van der Waals surface area contributed by atoms with Crippen LogP contribution in [0.4, 0.5) is 0 Å². The van der Waals surface area contributed by atoms with Gasteiger partial charge in [0.05, 0.1) is 0 Å². The van der Waals surface area contributed by atoms with Gasteiger partial charge in [-0.2, -0.15) is 0 Å². The molecular formula is C2H4OSTm. The van der Waals surface area contributed by atoms with Crippen molar-refractivity contribution in [1.82, 2.24) is 0 Å². The van der Waals surface area contributed by atoms with Crippen LogP contribution in [0.3, 0.4) is 0 Å². The molecule has 0 N–H and O–H groups in total. The Kier molecular flexibility index (Phi) is 10.0. The van der Waals surface area contributed by atoms with Gasteiger partial charge in [0.1, 0.15) is 0 Å². The third kappa shape index (κ3) is 35.4. The van der Waals surface area contributed by atoms with Crippen molar-refractivity contribution in [3.05, 3.63) is 0 Å². The molecule has 0 fully saturated rings. The van der Waals surface area contributed by atoms with Crippen LogP contribution in [0, 0.1) is 36.9 Å². The zero-order valence-corrected chi connectivity index (χ0v) is 5.31. The molecule has 0 amide bonds. The van der Waals surface area contributed by atoms with Crippen LogP contribution >= 0.6 is 12.6 Å². The first kappa shape index (κ1) is 9.54. The van der Waals surface area contributed by atoms with E-state index in [4.69, 9.17) is 0 Å². The van der Waals surface area contributed by atoms with Gasteiger partial charge in [0.2, 0.25) is 0 Å². The summed E-state index contributed by atoms with van der Waals surface area (Å²) in [7, 11) is 0. The fourth-order valence-electron chi connectivity index (χ4n) is 0. The second-order valence-electron chi connectivity index (χ2n) is 0.519. The summed E-state index contributed by atoms with van der Waals surface area (Å²) < 4.78 is 0. The molecule has 0 aliphatic carbocycles. The van der Waals surface area contributed by atoms with E-state index in [0.29, 0.717) is 0 Å². The minimum Gasteiger partial charge on any atom is -0.288 e. The number of thiol groups is 1. The summed E-state index contributed by atoms with van der Waals surface area (Å²) in [5.74, 6) is 0. The Balaban J connectivity index is 0. The second-order valence-corrected chi connectivity index (χ2v) is 1.15. The van der Waals surface area contributed by atoms with Crippen LogP contribution in [0.2, 0.25) is 0 Å². The van der Waals surface area contributed by atoms with Gasteiger partial charge < -0.3 is 0 Å². The molecule has 0 spiro atoms. The molecule has 0 bridgehead atoms. The first-order chi connectivity index (χ1) is 1.73. The molecule has 0 saturated heterocycles. The molecule has 1 radical (unpaired) electrons. The fourth-order valence-corrected chi connectivity index (χ4v) is 0. The van der Waals surface area contributed by atoms with Gasteiger partial charge >= 0.3 is 0 Å².